The Bertz CT molecular complexity index is 738. The van der Waals surface area contributed by atoms with Gasteiger partial charge in [0.05, 0.1) is 6.54 Å². The van der Waals surface area contributed by atoms with Gasteiger partial charge in [-0.2, -0.15) is 0 Å². The van der Waals surface area contributed by atoms with E-state index >= 15 is 0 Å². The standard InChI is InChI=1S/C21H34N4O9/c26-16(12-23-18(29)13-6-2-1-3-7-13)22-11-5-4-8-14(19(30)31)24-21(34)25-15(20(32)33)9-10-17(27)28/h13-15H,1-12H2,(H,22,26)(H,23,29)(H,27,28)(H,30,31)(H,32,33)(H2,24,25,34)/t14-,15-/m0/s1. The molecule has 4 amide bonds. The van der Waals surface area contributed by atoms with Crippen molar-refractivity contribution in [2.24, 2.45) is 5.92 Å². The van der Waals surface area contributed by atoms with Crippen molar-refractivity contribution in [3.8, 4) is 0 Å². The molecule has 34 heavy (non-hydrogen) atoms. The molecule has 0 heterocycles. The third-order valence-electron chi connectivity index (χ3n) is 5.49. The maximum absolute atomic E-state index is 12.0. The molecule has 0 spiro atoms. The molecule has 192 valence electrons. The Morgan fingerprint density at radius 1 is 0.765 bits per heavy atom. The lowest BCUT2D eigenvalue weighted by atomic mass is 9.89. The van der Waals surface area contributed by atoms with Gasteiger partial charge in [-0.1, -0.05) is 19.3 Å². The Morgan fingerprint density at radius 2 is 1.35 bits per heavy atom. The molecular weight excluding hydrogens is 452 g/mol. The van der Waals surface area contributed by atoms with Gasteiger partial charge in [0, 0.05) is 18.9 Å². The number of carboxylic acids is 3. The SMILES string of the molecule is O=C(O)CC[C@H](NC(=O)N[C@@H](CCCCNC(=O)CNC(=O)C1CCCCC1)C(=O)O)C(=O)O. The van der Waals surface area contributed by atoms with Crippen LogP contribution in [0.1, 0.15) is 64.2 Å². The first-order valence-electron chi connectivity index (χ1n) is 11.4. The summed E-state index contributed by atoms with van der Waals surface area (Å²) in [5.74, 6) is -4.48. The lowest BCUT2D eigenvalue weighted by Crippen LogP contribution is -2.51. The van der Waals surface area contributed by atoms with Crippen LogP contribution in [-0.2, 0) is 24.0 Å². The second-order valence-corrected chi connectivity index (χ2v) is 8.23. The van der Waals surface area contributed by atoms with Crippen LogP contribution in [0.2, 0.25) is 0 Å². The minimum Gasteiger partial charge on any atom is -0.481 e. The molecule has 0 unspecified atom stereocenters. The molecule has 1 aliphatic rings. The van der Waals surface area contributed by atoms with E-state index in [0.29, 0.717) is 12.8 Å². The summed E-state index contributed by atoms with van der Waals surface area (Å²) in [6.07, 6.45) is 4.80. The summed E-state index contributed by atoms with van der Waals surface area (Å²) in [5, 5.41) is 36.4. The molecule has 0 saturated heterocycles. The molecule has 0 aromatic rings. The number of unbranched alkanes of at least 4 members (excludes halogenated alkanes) is 1. The van der Waals surface area contributed by atoms with Gasteiger partial charge in [-0.15, -0.1) is 0 Å². The lowest BCUT2D eigenvalue weighted by Gasteiger charge is -2.20. The van der Waals surface area contributed by atoms with Crippen molar-refractivity contribution in [3.63, 3.8) is 0 Å². The highest BCUT2D eigenvalue weighted by molar-refractivity contribution is 5.86. The van der Waals surface area contributed by atoms with Crippen LogP contribution in [0.3, 0.4) is 0 Å². The number of hydrogen-bond acceptors (Lipinski definition) is 6. The van der Waals surface area contributed by atoms with Gasteiger partial charge >= 0.3 is 23.9 Å². The highest BCUT2D eigenvalue weighted by Gasteiger charge is 2.25. The maximum Gasteiger partial charge on any atom is 0.326 e. The van der Waals surface area contributed by atoms with Crippen LogP contribution in [0.15, 0.2) is 0 Å². The number of carbonyl (C=O) groups is 6. The molecule has 1 aliphatic carbocycles. The number of aliphatic carboxylic acids is 3. The highest BCUT2D eigenvalue weighted by Crippen LogP contribution is 2.23. The molecule has 13 heteroatoms. The Labute approximate surface area is 197 Å². The second kappa shape index (κ2) is 15.5. The van der Waals surface area contributed by atoms with E-state index in [2.05, 4.69) is 21.3 Å². The Balaban J connectivity index is 2.28. The molecule has 2 atom stereocenters. The first-order chi connectivity index (χ1) is 16.1. The van der Waals surface area contributed by atoms with Crippen LogP contribution in [0.5, 0.6) is 0 Å². The molecule has 13 nitrogen and oxygen atoms in total. The van der Waals surface area contributed by atoms with Crippen LogP contribution >= 0.6 is 0 Å². The number of urea groups is 1. The number of amides is 4. The number of carbonyl (C=O) groups excluding carboxylic acids is 3. The van der Waals surface area contributed by atoms with E-state index in [-0.39, 0.29) is 43.7 Å². The number of nitrogens with one attached hydrogen (secondary N) is 4. The van der Waals surface area contributed by atoms with Crippen LogP contribution in [0.4, 0.5) is 4.79 Å². The minimum atomic E-state index is -1.47. The molecule has 0 bridgehead atoms. The van der Waals surface area contributed by atoms with E-state index in [9.17, 15) is 33.9 Å². The van der Waals surface area contributed by atoms with Gasteiger partial charge in [0.2, 0.25) is 11.8 Å². The predicted octanol–water partition coefficient (Wildman–Crippen LogP) is 0.0398. The van der Waals surface area contributed by atoms with E-state index in [1.165, 1.54) is 0 Å². The van der Waals surface area contributed by atoms with Crippen molar-refractivity contribution in [1.82, 2.24) is 21.3 Å². The zero-order valence-corrected chi connectivity index (χ0v) is 19.0. The summed E-state index contributed by atoms with van der Waals surface area (Å²) in [7, 11) is 0. The third kappa shape index (κ3) is 12.0. The van der Waals surface area contributed by atoms with Crippen LogP contribution in [-0.4, -0.2) is 76.2 Å². The largest absolute Gasteiger partial charge is 0.481 e. The van der Waals surface area contributed by atoms with Gasteiger partial charge in [0.25, 0.3) is 0 Å². The summed E-state index contributed by atoms with van der Waals surface area (Å²) in [6.45, 7) is 0.133. The molecule has 1 fully saturated rings. The fourth-order valence-electron chi connectivity index (χ4n) is 3.58. The van der Waals surface area contributed by atoms with E-state index in [0.717, 1.165) is 32.1 Å². The molecule has 0 aromatic carbocycles. The zero-order chi connectivity index (χ0) is 25.5. The summed E-state index contributed by atoms with van der Waals surface area (Å²) in [6, 6.07) is -3.80. The Hall–Kier alpha value is -3.38. The van der Waals surface area contributed by atoms with Crippen molar-refractivity contribution in [2.45, 2.75) is 76.3 Å². The number of rotatable bonds is 15. The van der Waals surface area contributed by atoms with E-state index < -0.39 is 42.4 Å². The minimum absolute atomic E-state index is 0.0317. The van der Waals surface area contributed by atoms with Crippen molar-refractivity contribution in [2.75, 3.05) is 13.1 Å². The highest BCUT2D eigenvalue weighted by atomic mass is 16.4. The van der Waals surface area contributed by atoms with Crippen LogP contribution in [0.25, 0.3) is 0 Å². The van der Waals surface area contributed by atoms with Gasteiger partial charge in [0.1, 0.15) is 12.1 Å². The van der Waals surface area contributed by atoms with Crippen molar-refractivity contribution < 1.29 is 44.1 Å². The zero-order valence-electron chi connectivity index (χ0n) is 19.0. The van der Waals surface area contributed by atoms with Crippen LogP contribution in [0, 0.1) is 5.92 Å². The van der Waals surface area contributed by atoms with Gasteiger partial charge in [-0.25, -0.2) is 14.4 Å². The molecule has 0 aliphatic heterocycles. The number of hydrogen-bond donors (Lipinski definition) is 7. The molecule has 1 saturated carbocycles. The fourth-order valence-corrected chi connectivity index (χ4v) is 3.58. The molecule has 1 rings (SSSR count). The lowest BCUT2D eigenvalue weighted by molar-refractivity contribution is -0.141. The van der Waals surface area contributed by atoms with Crippen molar-refractivity contribution in [3.05, 3.63) is 0 Å². The van der Waals surface area contributed by atoms with E-state index in [1.807, 2.05) is 0 Å². The summed E-state index contributed by atoms with van der Waals surface area (Å²) in [5.41, 5.74) is 0. The van der Waals surface area contributed by atoms with Gasteiger partial charge in [-0.3, -0.25) is 14.4 Å². The fraction of sp³-hybridized carbons (Fsp3) is 0.714. The van der Waals surface area contributed by atoms with E-state index in [4.69, 9.17) is 10.2 Å². The predicted molar refractivity (Wildman–Crippen MR) is 118 cm³/mol. The van der Waals surface area contributed by atoms with Gasteiger partial charge in [0.15, 0.2) is 0 Å². The quantitative estimate of drug-likeness (QED) is 0.155. The normalized spacial score (nSPS) is 15.4. The van der Waals surface area contributed by atoms with E-state index in [1.54, 1.807) is 0 Å². The molecule has 0 aromatic heterocycles. The van der Waals surface area contributed by atoms with Crippen molar-refractivity contribution >= 4 is 35.8 Å². The monoisotopic (exact) mass is 486 g/mol. The molecular formula is C21H34N4O9. The summed E-state index contributed by atoms with van der Waals surface area (Å²) >= 11 is 0. The summed E-state index contributed by atoms with van der Waals surface area (Å²) in [4.78, 5) is 68.9. The smallest absolute Gasteiger partial charge is 0.326 e. The molecule has 7 N–H and O–H groups in total. The Morgan fingerprint density at radius 3 is 1.91 bits per heavy atom. The van der Waals surface area contributed by atoms with Crippen LogP contribution < -0.4 is 21.3 Å². The maximum atomic E-state index is 12.0. The van der Waals surface area contributed by atoms with Gasteiger partial charge < -0.3 is 36.6 Å². The average Bonchev–Trinajstić information content (AvgIpc) is 2.79. The number of carboxylic acid groups (broad SMARTS) is 3. The van der Waals surface area contributed by atoms with Crippen molar-refractivity contribution in [1.29, 1.82) is 0 Å². The third-order valence-corrected chi connectivity index (χ3v) is 5.49. The second-order valence-electron chi connectivity index (χ2n) is 8.23. The molecule has 0 radical (unpaired) electrons. The van der Waals surface area contributed by atoms with Gasteiger partial charge in [-0.05, 0) is 38.5 Å². The Kier molecular flexibility index (Phi) is 13.0. The summed E-state index contributed by atoms with van der Waals surface area (Å²) < 4.78 is 0. The first kappa shape index (κ1) is 28.7. The average molecular weight is 487 g/mol. The first-order valence-corrected chi connectivity index (χ1v) is 11.4. The topological polar surface area (TPSA) is 211 Å².